The van der Waals surface area contributed by atoms with Crippen LogP contribution in [0.25, 0.3) is 0 Å². The molecule has 0 bridgehead atoms. The smallest absolute Gasteiger partial charge is 0.123 e. The van der Waals surface area contributed by atoms with Crippen molar-refractivity contribution in [3.8, 4) is 5.75 Å². The first-order valence-corrected chi connectivity index (χ1v) is 8.08. The molecule has 2 unspecified atom stereocenters. The van der Waals surface area contributed by atoms with Gasteiger partial charge in [0.25, 0.3) is 0 Å². The lowest BCUT2D eigenvalue weighted by molar-refractivity contribution is 0.0640. The molecule has 2 atom stereocenters. The number of nitrogens with one attached hydrogen (secondary N) is 1. The van der Waals surface area contributed by atoms with Crippen molar-refractivity contribution in [1.29, 1.82) is 0 Å². The van der Waals surface area contributed by atoms with E-state index in [-0.39, 0.29) is 5.60 Å². The van der Waals surface area contributed by atoms with Crippen LogP contribution in [0.3, 0.4) is 0 Å². The molecule has 0 aliphatic carbocycles. The molecule has 2 nitrogen and oxygen atoms in total. The van der Waals surface area contributed by atoms with Gasteiger partial charge in [-0.15, -0.1) is 0 Å². The summed E-state index contributed by atoms with van der Waals surface area (Å²) >= 11 is 0. The number of para-hydroxylation sites is 1. The molecule has 1 heterocycles. The quantitative estimate of drug-likeness (QED) is 0.825. The minimum absolute atomic E-state index is 0.0705. The van der Waals surface area contributed by atoms with E-state index in [1.807, 2.05) is 0 Å². The van der Waals surface area contributed by atoms with Gasteiger partial charge < -0.3 is 10.1 Å². The second-order valence-electron chi connectivity index (χ2n) is 6.56. The third kappa shape index (κ3) is 3.54. The van der Waals surface area contributed by atoms with Crippen LogP contribution in [0.2, 0.25) is 0 Å². The summed E-state index contributed by atoms with van der Waals surface area (Å²) in [5.41, 5.74) is 1.31. The summed E-state index contributed by atoms with van der Waals surface area (Å²) in [6, 6.07) is 9.13. The van der Waals surface area contributed by atoms with Crippen LogP contribution in [0, 0.1) is 0 Å². The normalized spacial score (nSPS) is 21.9. The van der Waals surface area contributed by atoms with Gasteiger partial charge in [-0.1, -0.05) is 38.5 Å². The Morgan fingerprint density at radius 2 is 2.00 bits per heavy atom. The molecule has 0 radical (unpaired) electrons. The van der Waals surface area contributed by atoms with Crippen LogP contribution >= 0.6 is 0 Å². The molecule has 0 spiro atoms. The lowest BCUT2D eigenvalue weighted by Gasteiger charge is -2.41. The maximum atomic E-state index is 6.15. The number of benzene rings is 1. The summed E-state index contributed by atoms with van der Waals surface area (Å²) in [5, 5.41) is 3.76. The zero-order valence-corrected chi connectivity index (χ0v) is 13.4. The molecule has 2 heteroatoms. The zero-order chi connectivity index (χ0) is 14.6. The minimum Gasteiger partial charge on any atom is -0.488 e. The van der Waals surface area contributed by atoms with Gasteiger partial charge in [0.2, 0.25) is 0 Å². The average molecular weight is 275 g/mol. The van der Waals surface area contributed by atoms with Gasteiger partial charge in [0, 0.05) is 12.0 Å². The maximum Gasteiger partial charge on any atom is 0.123 e. The number of hydrogen-bond donors (Lipinski definition) is 1. The van der Waals surface area contributed by atoms with Crippen LogP contribution in [-0.4, -0.2) is 18.2 Å². The monoisotopic (exact) mass is 275 g/mol. The summed E-state index contributed by atoms with van der Waals surface area (Å²) in [4.78, 5) is 0. The fourth-order valence-electron chi connectivity index (χ4n) is 3.30. The highest BCUT2D eigenvalue weighted by molar-refractivity contribution is 5.40. The van der Waals surface area contributed by atoms with E-state index < -0.39 is 0 Å². The summed E-state index contributed by atoms with van der Waals surface area (Å²) in [5.74, 6) is 1.63. The highest BCUT2D eigenvalue weighted by Gasteiger charge is 2.36. The van der Waals surface area contributed by atoms with Crippen molar-refractivity contribution in [3.63, 3.8) is 0 Å². The molecule has 2 rings (SSSR count). The fraction of sp³-hybridized carbons (Fsp3) is 0.667. The van der Waals surface area contributed by atoms with Crippen LogP contribution in [0.5, 0.6) is 5.75 Å². The largest absolute Gasteiger partial charge is 0.488 e. The van der Waals surface area contributed by atoms with Crippen molar-refractivity contribution < 1.29 is 4.74 Å². The van der Waals surface area contributed by atoms with Crippen LogP contribution in [0.15, 0.2) is 24.3 Å². The van der Waals surface area contributed by atoms with E-state index in [2.05, 4.69) is 57.3 Å². The van der Waals surface area contributed by atoms with Crippen molar-refractivity contribution in [3.05, 3.63) is 29.8 Å². The van der Waals surface area contributed by atoms with Crippen molar-refractivity contribution in [1.82, 2.24) is 5.32 Å². The number of hydrogen-bond acceptors (Lipinski definition) is 2. The Labute approximate surface area is 123 Å². The van der Waals surface area contributed by atoms with Crippen LogP contribution in [-0.2, 0) is 0 Å². The van der Waals surface area contributed by atoms with E-state index in [4.69, 9.17) is 4.74 Å². The Morgan fingerprint density at radius 3 is 2.70 bits per heavy atom. The number of ether oxygens (including phenoxy) is 1. The standard InChI is InChI=1S/C18H29NO/c1-5-9-16(19-12-6-2)15-13-18(3,4)20-17-11-8-7-10-14(15)17/h7-8,10-11,15-16,19H,5-6,9,12-13H2,1-4H3. The van der Waals surface area contributed by atoms with Gasteiger partial charge in [-0.3, -0.25) is 0 Å². The Balaban J connectivity index is 2.27. The Morgan fingerprint density at radius 1 is 1.25 bits per heavy atom. The Bertz CT molecular complexity index is 427. The summed E-state index contributed by atoms with van der Waals surface area (Å²) in [6.07, 6.45) is 4.73. The van der Waals surface area contributed by atoms with E-state index in [0.717, 1.165) is 18.7 Å². The lowest BCUT2D eigenvalue weighted by Crippen LogP contribution is -2.43. The molecule has 1 aliphatic rings. The number of fused-ring (bicyclic) bond motifs is 1. The van der Waals surface area contributed by atoms with Crippen LogP contribution < -0.4 is 10.1 Å². The van der Waals surface area contributed by atoms with Gasteiger partial charge in [0.1, 0.15) is 11.4 Å². The van der Waals surface area contributed by atoms with Crippen LogP contribution in [0.4, 0.5) is 0 Å². The SMILES string of the molecule is CCCNC(CCC)C1CC(C)(C)Oc2ccccc21. The molecular formula is C18H29NO. The Kier molecular flexibility index (Phi) is 5.09. The van der Waals surface area contributed by atoms with E-state index in [1.54, 1.807) is 0 Å². The van der Waals surface area contributed by atoms with Crippen molar-refractivity contribution in [2.75, 3.05) is 6.54 Å². The molecular weight excluding hydrogens is 246 g/mol. The van der Waals surface area contributed by atoms with Gasteiger partial charge >= 0.3 is 0 Å². The van der Waals surface area contributed by atoms with Gasteiger partial charge in [0.15, 0.2) is 0 Å². The third-order valence-corrected chi connectivity index (χ3v) is 4.16. The van der Waals surface area contributed by atoms with Gasteiger partial charge in [0.05, 0.1) is 0 Å². The summed E-state index contributed by atoms with van der Waals surface area (Å²) in [6.45, 7) is 10.0. The van der Waals surface area contributed by atoms with Gasteiger partial charge in [-0.2, -0.15) is 0 Å². The molecule has 1 aromatic carbocycles. The molecule has 112 valence electrons. The highest BCUT2D eigenvalue weighted by Crippen LogP contribution is 2.43. The second-order valence-corrected chi connectivity index (χ2v) is 6.56. The summed E-state index contributed by atoms with van der Waals surface area (Å²) < 4.78 is 6.15. The molecule has 0 saturated heterocycles. The topological polar surface area (TPSA) is 21.3 Å². The first-order valence-electron chi connectivity index (χ1n) is 8.08. The van der Waals surface area contributed by atoms with Crippen LogP contribution in [0.1, 0.15) is 64.9 Å². The molecule has 0 saturated carbocycles. The van der Waals surface area contributed by atoms with Gasteiger partial charge in [-0.05, 0) is 51.3 Å². The predicted octanol–water partition coefficient (Wildman–Crippen LogP) is 4.50. The first kappa shape index (κ1) is 15.4. The molecule has 20 heavy (non-hydrogen) atoms. The molecule has 1 aromatic rings. The van der Waals surface area contributed by atoms with E-state index >= 15 is 0 Å². The lowest BCUT2D eigenvalue weighted by atomic mass is 9.78. The predicted molar refractivity (Wildman–Crippen MR) is 85.5 cm³/mol. The van der Waals surface area contributed by atoms with E-state index in [1.165, 1.54) is 24.8 Å². The minimum atomic E-state index is -0.0705. The highest BCUT2D eigenvalue weighted by atomic mass is 16.5. The third-order valence-electron chi connectivity index (χ3n) is 4.16. The zero-order valence-electron chi connectivity index (χ0n) is 13.4. The average Bonchev–Trinajstić information content (AvgIpc) is 2.41. The van der Waals surface area contributed by atoms with Crippen molar-refractivity contribution >= 4 is 0 Å². The maximum absolute atomic E-state index is 6.15. The molecule has 0 fully saturated rings. The van der Waals surface area contributed by atoms with Crippen molar-refractivity contribution in [2.24, 2.45) is 0 Å². The van der Waals surface area contributed by atoms with E-state index in [0.29, 0.717) is 12.0 Å². The second kappa shape index (κ2) is 6.62. The molecule has 1 N–H and O–H groups in total. The molecule has 0 aromatic heterocycles. The molecule has 0 amide bonds. The summed E-state index contributed by atoms with van der Waals surface area (Å²) in [7, 11) is 0. The molecule has 1 aliphatic heterocycles. The Hall–Kier alpha value is -1.02. The first-order chi connectivity index (χ1) is 9.57. The van der Waals surface area contributed by atoms with E-state index in [9.17, 15) is 0 Å². The van der Waals surface area contributed by atoms with Gasteiger partial charge in [-0.25, -0.2) is 0 Å². The number of rotatable bonds is 6. The fourth-order valence-corrected chi connectivity index (χ4v) is 3.30. The van der Waals surface area contributed by atoms with Crippen molar-refractivity contribution in [2.45, 2.75) is 70.9 Å².